The number of benzene rings is 1. The fourth-order valence-corrected chi connectivity index (χ4v) is 3.75. The molecule has 0 aliphatic carbocycles. The first-order valence-electron chi connectivity index (χ1n) is 8.88. The summed E-state index contributed by atoms with van der Waals surface area (Å²) in [7, 11) is 0. The molecule has 0 unspecified atom stereocenters. The van der Waals surface area contributed by atoms with Crippen LogP contribution in [0.4, 0.5) is 18.0 Å². The Kier molecular flexibility index (Phi) is 4.84. The van der Waals surface area contributed by atoms with E-state index in [9.17, 15) is 18.0 Å². The molecule has 0 radical (unpaired) electrons. The maximum absolute atomic E-state index is 12.6. The van der Waals surface area contributed by atoms with Crippen molar-refractivity contribution in [2.45, 2.75) is 76.4 Å². The Labute approximate surface area is 151 Å². The van der Waals surface area contributed by atoms with Gasteiger partial charge in [0.1, 0.15) is 17.5 Å². The summed E-state index contributed by atoms with van der Waals surface area (Å²) in [6, 6.07) is 4.88. The van der Waals surface area contributed by atoms with Gasteiger partial charge >= 0.3 is 12.3 Å². The van der Waals surface area contributed by atoms with Gasteiger partial charge in [-0.25, -0.2) is 4.79 Å². The second kappa shape index (κ2) is 6.67. The Morgan fingerprint density at radius 1 is 1.04 bits per heavy atom. The van der Waals surface area contributed by atoms with Gasteiger partial charge in [-0.1, -0.05) is 0 Å². The molecule has 1 amide bonds. The average molecular weight is 371 g/mol. The summed E-state index contributed by atoms with van der Waals surface area (Å²) in [5, 5.41) is 0. The molecule has 2 heterocycles. The van der Waals surface area contributed by atoms with Crippen molar-refractivity contribution < 1.29 is 27.4 Å². The van der Waals surface area contributed by atoms with Gasteiger partial charge in [0.2, 0.25) is 0 Å². The lowest BCUT2D eigenvalue weighted by molar-refractivity contribution is -0.137. The van der Waals surface area contributed by atoms with E-state index in [0.29, 0.717) is 18.6 Å². The minimum Gasteiger partial charge on any atom is -0.490 e. The van der Waals surface area contributed by atoms with Crippen LogP contribution < -0.4 is 4.74 Å². The zero-order valence-electron chi connectivity index (χ0n) is 15.2. The van der Waals surface area contributed by atoms with Crippen molar-refractivity contribution in [3.05, 3.63) is 29.8 Å². The van der Waals surface area contributed by atoms with Crippen molar-refractivity contribution >= 4 is 6.09 Å². The number of nitrogens with zero attached hydrogens (tertiary/aromatic N) is 1. The summed E-state index contributed by atoms with van der Waals surface area (Å²) in [5.74, 6) is 0.424. The molecule has 7 heteroatoms. The van der Waals surface area contributed by atoms with E-state index in [1.54, 1.807) is 0 Å². The van der Waals surface area contributed by atoms with Crippen LogP contribution >= 0.6 is 0 Å². The first-order chi connectivity index (χ1) is 12.0. The molecule has 26 heavy (non-hydrogen) atoms. The number of hydrogen-bond acceptors (Lipinski definition) is 3. The molecule has 2 bridgehead atoms. The number of hydrogen-bond donors (Lipinski definition) is 0. The minimum atomic E-state index is -4.35. The second-order valence-electron chi connectivity index (χ2n) is 8.01. The Bertz CT molecular complexity index is 637. The van der Waals surface area contributed by atoms with E-state index in [4.69, 9.17) is 9.47 Å². The molecule has 1 aromatic carbocycles. The third-order valence-corrected chi connectivity index (χ3v) is 4.78. The van der Waals surface area contributed by atoms with Crippen molar-refractivity contribution in [2.75, 3.05) is 0 Å². The van der Waals surface area contributed by atoms with Crippen LogP contribution in [0.2, 0.25) is 0 Å². The number of fused-ring (bicyclic) bond motifs is 2. The highest BCUT2D eigenvalue weighted by Crippen LogP contribution is 2.38. The van der Waals surface area contributed by atoms with Crippen LogP contribution in [0.3, 0.4) is 0 Å². The largest absolute Gasteiger partial charge is 0.490 e. The SMILES string of the molecule is CC(C)(C)OC(=O)N1[C@@H]2CC[C@H]1C[C@@H](Oc1ccc(C(F)(F)F)cc1)C2. The van der Waals surface area contributed by atoms with E-state index >= 15 is 0 Å². The Hall–Kier alpha value is -1.92. The average Bonchev–Trinajstić information content (AvgIpc) is 2.77. The van der Waals surface area contributed by atoms with E-state index in [1.807, 2.05) is 25.7 Å². The Morgan fingerprint density at radius 3 is 2.04 bits per heavy atom. The predicted octanol–water partition coefficient (Wildman–Crippen LogP) is 5.01. The lowest BCUT2D eigenvalue weighted by Gasteiger charge is -2.39. The van der Waals surface area contributed by atoms with Crippen molar-refractivity contribution in [1.82, 2.24) is 4.90 Å². The predicted molar refractivity (Wildman–Crippen MR) is 90.0 cm³/mol. The number of carbonyl (C=O) groups excluding carboxylic acids is 1. The standard InChI is InChI=1S/C19H24F3NO3/c1-18(2,3)26-17(24)23-13-6-7-14(23)11-16(10-13)25-15-8-4-12(5-9-15)19(20,21)22/h4-5,8-9,13-14,16H,6-7,10-11H2,1-3H3/t13-,14+,16+. The number of amides is 1. The van der Waals surface area contributed by atoms with Crippen LogP contribution in [0.15, 0.2) is 24.3 Å². The molecule has 144 valence electrons. The minimum absolute atomic E-state index is 0.0584. The number of rotatable bonds is 2. The van der Waals surface area contributed by atoms with Crippen LogP contribution in [-0.4, -0.2) is 34.8 Å². The molecule has 1 aromatic rings. The van der Waals surface area contributed by atoms with Crippen molar-refractivity contribution in [1.29, 1.82) is 0 Å². The molecule has 3 atom stereocenters. The van der Waals surface area contributed by atoms with E-state index in [1.165, 1.54) is 12.1 Å². The molecule has 2 fully saturated rings. The Balaban J connectivity index is 1.61. The first-order valence-corrected chi connectivity index (χ1v) is 8.88. The third kappa shape index (κ3) is 4.24. The van der Waals surface area contributed by atoms with E-state index in [0.717, 1.165) is 25.0 Å². The highest BCUT2D eigenvalue weighted by atomic mass is 19.4. The van der Waals surface area contributed by atoms with Gasteiger partial charge in [-0.15, -0.1) is 0 Å². The van der Waals surface area contributed by atoms with Gasteiger partial charge in [0.15, 0.2) is 0 Å². The topological polar surface area (TPSA) is 38.8 Å². The monoisotopic (exact) mass is 371 g/mol. The molecule has 4 nitrogen and oxygen atoms in total. The van der Waals surface area contributed by atoms with Gasteiger partial charge in [-0.3, -0.25) is 0 Å². The molecule has 0 N–H and O–H groups in total. The second-order valence-corrected chi connectivity index (χ2v) is 8.01. The molecule has 2 saturated heterocycles. The normalized spacial score (nSPS) is 25.9. The zero-order valence-corrected chi connectivity index (χ0v) is 15.2. The summed E-state index contributed by atoms with van der Waals surface area (Å²) in [4.78, 5) is 14.2. The number of alkyl halides is 3. The van der Waals surface area contributed by atoms with Crippen molar-refractivity contribution in [3.63, 3.8) is 0 Å². The zero-order chi connectivity index (χ0) is 19.1. The number of halogens is 3. The molecule has 3 rings (SSSR count). The summed E-state index contributed by atoms with van der Waals surface area (Å²) in [6.07, 6.45) is -1.63. The van der Waals surface area contributed by atoms with Gasteiger partial charge in [-0.2, -0.15) is 13.2 Å². The van der Waals surface area contributed by atoms with Crippen LogP contribution in [0.25, 0.3) is 0 Å². The lowest BCUT2D eigenvalue weighted by atomic mass is 10.00. The fourth-order valence-electron chi connectivity index (χ4n) is 3.75. The highest BCUT2D eigenvalue weighted by Gasteiger charge is 2.45. The van der Waals surface area contributed by atoms with E-state index in [2.05, 4.69) is 0 Å². The maximum atomic E-state index is 12.6. The van der Waals surface area contributed by atoms with Crippen LogP contribution in [-0.2, 0) is 10.9 Å². The van der Waals surface area contributed by atoms with Crippen LogP contribution in [0.5, 0.6) is 5.75 Å². The molecular weight excluding hydrogens is 347 g/mol. The quantitative estimate of drug-likeness (QED) is 0.733. The van der Waals surface area contributed by atoms with Crippen LogP contribution in [0.1, 0.15) is 52.0 Å². The third-order valence-electron chi connectivity index (χ3n) is 4.78. The van der Waals surface area contributed by atoms with Gasteiger partial charge in [0, 0.05) is 24.9 Å². The van der Waals surface area contributed by atoms with Gasteiger partial charge < -0.3 is 14.4 Å². The summed E-state index contributed by atoms with van der Waals surface area (Å²) >= 11 is 0. The molecule has 0 spiro atoms. The van der Waals surface area contributed by atoms with E-state index < -0.39 is 17.3 Å². The van der Waals surface area contributed by atoms with Crippen molar-refractivity contribution in [3.8, 4) is 5.75 Å². The smallest absolute Gasteiger partial charge is 0.416 e. The summed E-state index contributed by atoms with van der Waals surface area (Å²) < 4.78 is 49.3. The molecule has 0 aromatic heterocycles. The lowest BCUT2D eigenvalue weighted by Crippen LogP contribution is -2.50. The molecule has 2 aliphatic heterocycles. The maximum Gasteiger partial charge on any atom is 0.416 e. The highest BCUT2D eigenvalue weighted by molar-refractivity contribution is 5.69. The Morgan fingerprint density at radius 2 is 1.58 bits per heavy atom. The molecule has 2 aliphatic rings. The van der Waals surface area contributed by atoms with Gasteiger partial charge in [0.25, 0.3) is 0 Å². The molecule has 0 saturated carbocycles. The number of piperidine rings is 1. The van der Waals surface area contributed by atoms with Crippen molar-refractivity contribution in [2.24, 2.45) is 0 Å². The van der Waals surface area contributed by atoms with Crippen LogP contribution in [0, 0.1) is 0 Å². The first kappa shape index (κ1) is 18.9. The number of ether oxygens (including phenoxy) is 2. The van der Waals surface area contributed by atoms with Gasteiger partial charge in [-0.05, 0) is 57.9 Å². The summed E-state index contributed by atoms with van der Waals surface area (Å²) in [6.45, 7) is 5.52. The van der Waals surface area contributed by atoms with E-state index in [-0.39, 0.29) is 24.3 Å². The molecular formula is C19H24F3NO3. The summed E-state index contributed by atoms with van der Waals surface area (Å²) in [5.41, 5.74) is -1.23. The van der Waals surface area contributed by atoms with Gasteiger partial charge in [0.05, 0.1) is 5.56 Å². The number of carbonyl (C=O) groups is 1. The fraction of sp³-hybridized carbons (Fsp3) is 0.632.